The zero-order chi connectivity index (χ0) is 21.1. The van der Waals surface area contributed by atoms with Crippen LogP contribution in [0.4, 0.5) is 11.4 Å². The van der Waals surface area contributed by atoms with Crippen molar-refractivity contribution in [1.29, 1.82) is 0 Å². The molecular formula is C19H14ClN3O6. The van der Waals surface area contributed by atoms with Crippen molar-refractivity contribution < 1.29 is 24.0 Å². The number of nitrogens with zero attached hydrogens (tertiary/aromatic N) is 2. The molecule has 0 saturated carbocycles. The van der Waals surface area contributed by atoms with Gasteiger partial charge in [0.2, 0.25) is 0 Å². The molecule has 0 spiro atoms. The highest BCUT2D eigenvalue weighted by atomic mass is 35.5. The fraction of sp³-hybridized carbons (Fsp3) is 0.105. The number of rotatable bonds is 5. The minimum atomic E-state index is -0.665. The van der Waals surface area contributed by atoms with Crippen molar-refractivity contribution in [2.24, 2.45) is 0 Å². The fourth-order valence-corrected chi connectivity index (χ4v) is 2.81. The molecule has 0 radical (unpaired) electrons. The SMILES string of the molecule is CCOC(=O)c1ccc(N2NC(=O)/C(=C\c3ccc(Cl)c([N+](=O)[O-])c3)C2=O)cc1. The first-order valence-electron chi connectivity index (χ1n) is 8.40. The number of anilines is 1. The predicted molar refractivity (Wildman–Crippen MR) is 104 cm³/mol. The van der Waals surface area contributed by atoms with Gasteiger partial charge in [0, 0.05) is 6.07 Å². The van der Waals surface area contributed by atoms with Gasteiger partial charge < -0.3 is 4.74 Å². The average molecular weight is 416 g/mol. The van der Waals surface area contributed by atoms with Crippen LogP contribution < -0.4 is 10.4 Å². The van der Waals surface area contributed by atoms with E-state index in [4.69, 9.17) is 16.3 Å². The number of ether oxygens (including phenoxy) is 1. The first kappa shape index (κ1) is 20.0. The lowest BCUT2D eigenvalue weighted by atomic mass is 10.1. The van der Waals surface area contributed by atoms with Gasteiger partial charge in [-0.05, 0) is 48.9 Å². The molecule has 0 aliphatic carbocycles. The summed E-state index contributed by atoms with van der Waals surface area (Å²) >= 11 is 5.77. The minimum Gasteiger partial charge on any atom is -0.462 e. The molecule has 0 bridgehead atoms. The third-order valence-corrected chi connectivity index (χ3v) is 4.33. The molecule has 1 saturated heterocycles. The topological polar surface area (TPSA) is 119 Å². The van der Waals surface area contributed by atoms with Gasteiger partial charge in [-0.25, -0.2) is 9.80 Å². The molecule has 0 atom stereocenters. The van der Waals surface area contributed by atoms with Crippen LogP contribution in [-0.4, -0.2) is 29.3 Å². The minimum absolute atomic E-state index is 0.0531. The molecule has 3 rings (SSSR count). The van der Waals surface area contributed by atoms with Gasteiger partial charge in [0.05, 0.1) is 22.8 Å². The summed E-state index contributed by atoms with van der Waals surface area (Å²) in [6.07, 6.45) is 1.24. The van der Waals surface area contributed by atoms with Crippen LogP contribution in [0, 0.1) is 10.1 Å². The van der Waals surface area contributed by atoms with Crippen molar-refractivity contribution in [1.82, 2.24) is 5.43 Å². The molecule has 2 aromatic rings. The molecule has 148 valence electrons. The quantitative estimate of drug-likeness (QED) is 0.263. The summed E-state index contributed by atoms with van der Waals surface area (Å²) in [6, 6.07) is 9.86. The smallest absolute Gasteiger partial charge is 0.338 e. The predicted octanol–water partition coefficient (Wildman–Crippen LogP) is 2.89. The number of nitrogens with one attached hydrogen (secondary N) is 1. The van der Waals surface area contributed by atoms with E-state index in [-0.39, 0.29) is 28.5 Å². The normalized spacial score (nSPS) is 14.8. The zero-order valence-electron chi connectivity index (χ0n) is 15.0. The lowest BCUT2D eigenvalue weighted by Gasteiger charge is -2.14. The Kier molecular flexibility index (Phi) is 5.60. The Bertz CT molecular complexity index is 1050. The Morgan fingerprint density at radius 1 is 1.24 bits per heavy atom. The number of nitro benzene ring substituents is 1. The first-order chi connectivity index (χ1) is 13.8. The van der Waals surface area contributed by atoms with Gasteiger partial charge in [-0.3, -0.25) is 25.1 Å². The van der Waals surface area contributed by atoms with Crippen molar-refractivity contribution in [3.63, 3.8) is 0 Å². The number of benzene rings is 2. The number of hydrogen-bond donors (Lipinski definition) is 1. The maximum atomic E-state index is 12.7. The Balaban J connectivity index is 1.86. The van der Waals surface area contributed by atoms with E-state index in [0.29, 0.717) is 11.3 Å². The number of esters is 1. The summed E-state index contributed by atoms with van der Waals surface area (Å²) in [5.74, 6) is -1.81. The number of nitro groups is 1. The molecule has 1 N–H and O–H groups in total. The summed E-state index contributed by atoms with van der Waals surface area (Å²) in [7, 11) is 0. The summed E-state index contributed by atoms with van der Waals surface area (Å²) in [6.45, 7) is 1.92. The lowest BCUT2D eigenvalue weighted by Crippen LogP contribution is -2.35. The molecular weight excluding hydrogens is 402 g/mol. The van der Waals surface area contributed by atoms with Crippen LogP contribution >= 0.6 is 11.6 Å². The summed E-state index contributed by atoms with van der Waals surface area (Å²) in [5.41, 5.74) is 2.80. The first-order valence-corrected chi connectivity index (χ1v) is 8.78. The Labute approximate surface area is 169 Å². The monoisotopic (exact) mass is 415 g/mol. The molecule has 1 aliphatic rings. The third kappa shape index (κ3) is 4.09. The van der Waals surface area contributed by atoms with E-state index in [1.165, 1.54) is 48.5 Å². The molecule has 0 aromatic heterocycles. The van der Waals surface area contributed by atoms with Gasteiger partial charge in [0.25, 0.3) is 17.5 Å². The highest BCUT2D eigenvalue weighted by Gasteiger charge is 2.34. The van der Waals surface area contributed by atoms with Gasteiger partial charge in [0.15, 0.2) is 0 Å². The van der Waals surface area contributed by atoms with E-state index in [9.17, 15) is 24.5 Å². The second-order valence-corrected chi connectivity index (χ2v) is 6.28. The van der Waals surface area contributed by atoms with Crippen molar-refractivity contribution in [2.45, 2.75) is 6.92 Å². The molecule has 2 amide bonds. The van der Waals surface area contributed by atoms with Crippen LogP contribution in [0.1, 0.15) is 22.8 Å². The highest BCUT2D eigenvalue weighted by molar-refractivity contribution is 6.33. The number of amides is 2. The standard InChI is InChI=1S/C19H14ClN3O6/c1-2-29-19(26)12-4-6-13(7-5-12)22-18(25)14(17(24)21-22)9-11-3-8-15(20)16(10-11)23(27)28/h3-10H,2H2,1H3,(H,21,24)/b14-9+. The zero-order valence-corrected chi connectivity index (χ0v) is 15.8. The Morgan fingerprint density at radius 3 is 2.55 bits per heavy atom. The second-order valence-electron chi connectivity index (χ2n) is 5.87. The second kappa shape index (κ2) is 8.11. The van der Waals surface area contributed by atoms with Gasteiger partial charge in [-0.1, -0.05) is 17.7 Å². The molecule has 29 heavy (non-hydrogen) atoms. The fourth-order valence-electron chi connectivity index (χ4n) is 2.63. The van der Waals surface area contributed by atoms with Gasteiger partial charge in [-0.15, -0.1) is 0 Å². The van der Waals surface area contributed by atoms with E-state index in [0.717, 1.165) is 5.01 Å². The van der Waals surface area contributed by atoms with Crippen molar-refractivity contribution in [3.8, 4) is 0 Å². The van der Waals surface area contributed by atoms with E-state index in [1.807, 2.05) is 0 Å². The van der Waals surface area contributed by atoms with E-state index >= 15 is 0 Å². The molecule has 1 heterocycles. The number of halogens is 1. The maximum absolute atomic E-state index is 12.7. The number of carbonyl (C=O) groups excluding carboxylic acids is 3. The molecule has 2 aromatic carbocycles. The molecule has 10 heteroatoms. The molecule has 9 nitrogen and oxygen atoms in total. The Morgan fingerprint density at radius 2 is 1.93 bits per heavy atom. The Hall–Kier alpha value is -3.72. The lowest BCUT2D eigenvalue weighted by molar-refractivity contribution is -0.384. The van der Waals surface area contributed by atoms with E-state index < -0.39 is 22.7 Å². The number of hydrogen-bond acceptors (Lipinski definition) is 6. The van der Waals surface area contributed by atoms with E-state index in [1.54, 1.807) is 6.92 Å². The summed E-state index contributed by atoms with van der Waals surface area (Å²) in [4.78, 5) is 47.0. The maximum Gasteiger partial charge on any atom is 0.338 e. The van der Waals surface area contributed by atoms with Crippen LogP contribution in [0.2, 0.25) is 5.02 Å². The number of carbonyl (C=O) groups is 3. The highest BCUT2D eigenvalue weighted by Crippen LogP contribution is 2.27. The van der Waals surface area contributed by atoms with Gasteiger partial charge in [-0.2, -0.15) is 0 Å². The summed E-state index contributed by atoms with van der Waals surface area (Å²) < 4.78 is 4.89. The number of hydrazine groups is 1. The van der Waals surface area contributed by atoms with Crippen LogP contribution in [0.5, 0.6) is 0 Å². The van der Waals surface area contributed by atoms with Crippen LogP contribution in [-0.2, 0) is 14.3 Å². The average Bonchev–Trinajstić information content (AvgIpc) is 2.97. The molecule has 1 aliphatic heterocycles. The van der Waals surface area contributed by atoms with Crippen molar-refractivity contribution >= 4 is 46.8 Å². The largest absolute Gasteiger partial charge is 0.462 e. The van der Waals surface area contributed by atoms with Gasteiger partial charge in [0.1, 0.15) is 10.6 Å². The van der Waals surface area contributed by atoms with Crippen molar-refractivity contribution in [2.75, 3.05) is 11.6 Å². The summed E-state index contributed by atoms with van der Waals surface area (Å²) in [5, 5.41) is 12.0. The molecule has 0 unspecified atom stereocenters. The molecule has 1 fully saturated rings. The van der Waals surface area contributed by atoms with Crippen LogP contribution in [0.15, 0.2) is 48.0 Å². The van der Waals surface area contributed by atoms with Gasteiger partial charge >= 0.3 is 5.97 Å². The van der Waals surface area contributed by atoms with E-state index in [2.05, 4.69) is 5.43 Å². The van der Waals surface area contributed by atoms with Crippen LogP contribution in [0.25, 0.3) is 6.08 Å². The van der Waals surface area contributed by atoms with Crippen LogP contribution in [0.3, 0.4) is 0 Å². The third-order valence-electron chi connectivity index (χ3n) is 4.01. The van der Waals surface area contributed by atoms with Crippen molar-refractivity contribution in [3.05, 3.63) is 74.3 Å².